The molecule has 31 heavy (non-hydrogen) atoms. The minimum Gasteiger partial charge on any atom is -0.493 e. The van der Waals surface area contributed by atoms with E-state index < -0.39 is 0 Å². The molecule has 2 aromatic carbocycles. The van der Waals surface area contributed by atoms with E-state index in [1.807, 2.05) is 6.92 Å². The van der Waals surface area contributed by atoms with Crippen LogP contribution in [0.2, 0.25) is 0 Å². The van der Waals surface area contributed by atoms with E-state index in [2.05, 4.69) is 10.3 Å². The van der Waals surface area contributed by atoms with Gasteiger partial charge in [-0.25, -0.2) is 0 Å². The molecule has 0 spiro atoms. The molecule has 4 aromatic rings. The number of methoxy groups -OCH3 is 2. The zero-order chi connectivity index (χ0) is 22.0. The molecule has 0 bridgehead atoms. The van der Waals surface area contributed by atoms with E-state index >= 15 is 0 Å². The molecule has 7 heteroatoms. The Morgan fingerprint density at radius 3 is 2.48 bits per heavy atom. The first kappa shape index (κ1) is 20.2. The van der Waals surface area contributed by atoms with Crippen molar-refractivity contribution in [3.05, 3.63) is 83.4 Å². The largest absolute Gasteiger partial charge is 0.493 e. The predicted molar refractivity (Wildman–Crippen MR) is 116 cm³/mol. The second kappa shape index (κ2) is 8.31. The van der Waals surface area contributed by atoms with Crippen molar-refractivity contribution in [1.82, 2.24) is 4.98 Å². The van der Waals surface area contributed by atoms with Gasteiger partial charge in [-0.2, -0.15) is 0 Å². The maximum atomic E-state index is 13.1. The van der Waals surface area contributed by atoms with Crippen LogP contribution < -0.4 is 14.8 Å². The Balaban J connectivity index is 1.65. The van der Waals surface area contributed by atoms with Crippen LogP contribution in [-0.2, 0) is 0 Å². The molecule has 0 atom stereocenters. The van der Waals surface area contributed by atoms with E-state index in [-0.39, 0.29) is 17.5 Å². The number of ketones is 1. The van der Waals surface area contributed by atoms with E-state index in [9.17, 15) is 9.59 Å². The molecule has 0 aliphatic carbocycles. The maximum Gasteiger partial charge on any atom is 0.257 e. The lowest BCUT2D eigenvalue weighted by Gasteiger charge is -2.08. The van der Waals surface area contributed by atoms with Crippen molar-refractivity contribution < 1.29 is 23.5 Å². The smallest absolute Gasteiger partial charge is 0.257 e. The van der Waals surface area contributed by atoms with E-state index in [0.717, 1.165) is 5.39 Å². The van der Waals surface area contributed by atoms with Gasteiger partial charge in [-0.3, -0.25) is 14.6 Å². The molecule has 0 saturated heterocycles. The van der Waals surface area contributed by atoms with Crippen LogP contribution in [0.15, 0.2) is 65.3 Å². The van der Waals surface area contributed by atoms with Crippen LogP contribution in [0.5, 0.6) is 11.5 Å². The third-order valence-electron chi connectivity index (χ3n) is 4.97. The first-order chi connectivity index (χ1) is 15.0. The van der Waals surface area contributed by atoms with Gasteiger partial charge in [0.25, 0.3) is 5.91 Å². The molecule has 0 aliphatic heterocycles. The third-order valence-corrected chi connectivity index (χ3v) is 4.97. The molecular formula is C24H20N2O5. The number of carbonyl (C=O) groups is 2. The number of amides is 1. The lowest BCUT2D eigenvalue weighted by Crippen LogP contribution is -2.11. The number of furan rings is 1. The highest BCUT2D eigenvalue weighted by molar-refractivity contribution is 6.11. The second-order valence-electron chi connectivity index (χ2n) is 6.86. The summed E-state index contributed by atoms with van der Waals surface area (Å²) >= 11 is 0. The summed E-state index contributed by atoms with van der Waals surface area (Å²) in [7, 11) is 3.05. The highest BCUT2D eigenvalue weighted by atomic mass is 16.5. The van der Waals surface area contributed by atoms with Gasteiger partial charge in [0.2, 0.25) is 5.78 Å². The summed E-state index contributed by atoms with van der Waals surface area (Å²) in [5.41, 5.74) is 2.71. The summed E-state index contributed by atoms with van der Waals surface area (Å²) in [6.45, 7) is 1.81. The minimum atomic E-state index is -0.268. The Kier molecular flexibility index (Phi) is 5.41. The number of hydrogen-bond donors (Lipinski definition) is 1. The number of nitrogens with zero attached hydrogens (tertiary/aromatic N) is 1. The van der Waals surface area contributed by atoms with E-state index in [0.29, 0.717) is 39.5 Å². The standard InChI is InChI=1S/C24H20N2O5/c1-14-18-12-17(26-24(28)16-5-4-10-25-13-16)7-9-19(18)31-23(14)22(27)15-6-8-20(29-2)21(11-15)30-3/h4-13H,1-3H3,(H,26,28). The number of aryl methyl sites for hydroxylation is 1. The third kappa shape index (κ3) is 3.85. The van der Waals surface area contributed by atoms with Crippen molar-refractivity contribution in [3.8, 4) is 11.5 Å². The monoisotopic (exact) mass is 416 g/mol. The number of rotatable bonds is 6. The van der Waals surface area contributed by atoms with Crippen LogP contribution in [0, 0.1) is 6.92 Å². The van der Waals surface area contributed by atoms with Gasteiger partial charge < -0.3 is 19.2 Å². The molecule has 4 rings (SSSR count). The van der Waals surface area contributed by atoms with Gasteiger partial charge in [0.05, 0.1) is 19.8 Å². The molecule has 156 valence electrons. The number of fused-ring (bicyclic) bond motifs is 1. The molecule has 0 saturated carbocycles. The van der Waals surface area contributed by atoms with Gasteiger partial charge in [-0.05, 0) is 55.5 Å². The summed E-state index contributed by atoms with van der Waals surface area (Å²) in [4.78, 5) is 29.4. The lowest BCUT2D eigenvalue weighted by molar-refractivity contribution is 0.101. The van der Waals surface area contributed by atoms with Crippen molar-refractivity contribution in [2.24, 2.45) is 0 Å². The van der Waals surface area contributed by atoms with Crippen LogP contribution in [0.1, 0.15) is 32.0 Å². The average molecular weight is 416 g/mol. The number of aromatic nitrogens is 1. The van der Waals surface area contributed by atoms with Gasteiger partial charge in [0.1, 0.15) is 5.58 Å². The summed E-state index contributed by atoms with van der Waals surface area (Å²) < 4.78 is 16.4. The van der Waals surface area contributed by atoms with E-state index in [1.165, 1.54) is 20.4 Å². The lowest BCUT2D eigenvalue weighted by atomic mass is 10.0. The van der Waals surface area contributed by atoms with Gasteiger partial charge in [-0.15, -0.1) is 0 Å². The fourth-order valence-electron chi connectivity index (χ4n) is 3.32. The van der Waals surface area contributed by atoms with Crippen molar-refractivity contribution in [1.29, 1.82) is 0 Å². The number of pyridine rings is 1. The van der Waals surface area contributed by atoms with E-state index in [4.69, 9.17) is 13.9 Å². The molecule has 0 unspecified atom stereocenters. The molecule has 1 N–H and O–H groups in total. The Labute approximate surface area is 178 Å². The quantitative estimate of drug-likeness (QED) is 0.461. The summed E-state index contributed by atoms with van der Waals surface area (Å²) in [6, 6.07) is 13.6. The first-order valence-electron chi connectivity index (χ1n) is 9.53. The van der Waals surface area contributed by atoms with Crippen LogP contribution in [0.4, 0.5) is 5.69 Å². The van der Waals surface area contributed by atoms with Crippen molar-refractivity contribution in [2.75, 3.05) is 19.5 Å². The van der Waals surface area contributed by atoms with Gasteiger partial charge in [0, 0.05) is 34.6 Å². The summed E-state index contributed by atoms with van der Waals surface area (Å²) in [6.07, 6.45) is 3.10. The number of carbonyl (C=O) groups excluding carboxylic acids is 2. The van der Waals surface area contributed by atoms with Crippen molar-refractivity contribution in [3.63, 3.8) is 0 Å². The molecular weight excluding hydrogens is 396 g/mol. The first-order valence-corrected chi connectivity index (χ1v) is 9.53. The highest BCUT2D eigenvalue weighted by Gasteiger charge is 2.21. The molecule has 2 aromatic heterocycles. The number of nitrogens with one attached hydrogen (secondary N) is 1. The molecule has 2 heterocycles. The van der Waals surface area contributed by atoms with Crippen LogP contribution in [-0.4, -0.2) is 30.9 Å². The summed E-state index contributed by atoms with van der Waals surface area (Å²) in [5, 5.41) is 3.58. The minimum absolute atomic E-state index is 0.234. The zero-order valence-corrected chi connectivity index (χ0v) is 17.3. The topological polar surface area (TPSA) is 90.7 Å². The molecule has 0 aliphatic rings. The van der Waals surface area contributed by atoms with E-state index in [1.54, 1.807) is 54.7 Å². The van der Waals surface area contributed by atoms with Gasteiger partial charge in [-0.1, -0.05) is 0 Å². The Morgan fingerprint density at radius 2 is 1.77 bits per heavy atom. The van der Waals surface area contributed by atoms with Crippen LogP contribution in [0.25, 0.3) is 11.0 Å². The normalized spacial score (nSPS) is 10.7. The average Bonchev–Trinajstić information content (AvgIpc) is 3.14. The van der Waals surface area contributed by atoms with Gasteiger partial charge >= 0.3 is 0 Å². The number of ether oxygens (including phenoxy) is 2. The highest BCUT2D eigenvalue weighted by Crippen LogP contribution is 2.32. The van der Waals surface area contributed by atoms with Crippen LogP contribution in [0.3, 0.4) is 0 Å². The SMILES string of the molecule is COc1ccc(C(=O)c2oc3ccc(NC(=O)c4cccnc4)cc3c2C)cc1OC. The summed E-state index contributed by atoms with van der Waals surface area (Å²) in [5.74, 6) is 0.695. The Hall–Kier alpha value is -4.13. The number of anilines is 1. The van der Waals surface area contributed by atoms with Gasteiger partial charge in [0.15, 0.2) is 17.3 Å². The van der Waals surface area contributed by atoms with Crippen LogP contribution >= 0.6 is 0 Å². The molecule has 1 amide bonds. The van der Waals surface area contributed by atoms with Crippen molar-refractivity contribution in [2.45, 2.75) is 6.92 Å². The fraction of sp³-hybridized carbons (Fsp3) is 0.125. The van der Waals surface area contributed by atoms with Crippen molar-refractivity contribution >= 4 is 28.3 Å². The predicted octanol–water partition coefficient (Wildman–Crippen LogP) is 4.64. The fourth-order valence-corrected chi connectivity index (χ4v) is 3.32. The maximum absolute atomic E-state index is 13.1. The molecule has 7 nitrogen and oxygen atoms in total. The zero-order valence-electron chi connectivity index (χ0n) is 17.3. The number of benzene rings is 2. The second-order valence-corrected chi connectivity index (χ2v) is 6.86. The Morgan fingerprint density at radius 1 is 0.968 bits per heavy atom. The number of hydrogen-bond acceptors (Lipinski definition) is 6. The molecule has 0 radical (unpaired) electrons. The molecule has 0 fully saturated rings. The Bertz CT molecular complexity index is 1280.